The van der Waals surface area contributed by atoms with Gasteiger partial charge in [0, 0.05) is 33.4 Å². The van der Waals surface area contributed by atoms with Crippen LogP contribution in [0.3, 0.4) is 0 Å². The van der Waals surface area contributed by atoms with Gasteiger partial charge in [0.1, 0.15) is 0 Å². The molecule has 1 aromatic rings. The van der Waals surface area contributed by atoms with E-state index in [0.29, 0.717) is 31.3 Å². The van der Waals surface area contributed by atoms with Crippen molar-refractivity contribution in [2.75, 3.05) is 33.9 Å². The second-order valence-electron chi connectivity index (χ2n) is 8.37. The Morgan fingerprint density at radius 1 is 1.10 bits per heavy atom. The molecule has 0 atom stereocenters. The van der Waals surface area contributed by atoms with Gasteiger partial charge in [0.05, 0.1) is 25.8 Å². The van der Waals surface area contributed by atoms with Crippen molar-refractivity contribution in [1.29, 1.82) is 0 Å². The van der Waals surface area contributed by atoms with Crippen molar-refractivity contribution in [1.82, 2.24) is 15.5 Å². The van der Waals surface area contributed by atoms with Crippen molar-refractivity contribution < 1.29 is 14.3 Å². The highest BCUT2D eigenvalue weighted by Gasteiger charge is 2.17. The second kappa shape index (κ2) is 13.9. The number of guanidine groups is 1. The third-order valence-electron chi connectivity index (χ3n) is 5.70. The minimum atomic E-state index is 0. The Morgan fingerprint density at radius 2 is 1.74 bits per heavy atom. The van der Waals surface area contributed by atoms with Crippen LogP contribution in [0.25, 0.3) is 0 Å². The number of aliphatic imine (C=N–C) groups is 1. The van der Waals surface area contributed by atoms with Gasteiger partial charge in [-0.15, -0.1) is 24.0 Å². The number of carbonyl (C=O) groups is 1. The molecular weight excluding hydrogens is 507 g/mol. The van der Waals surface area contributed by atoms with E-state index in [1.807, 2.05) is 0 Å². The van der Waals surface area contributed by atoms with Crippen molar-refractivity contribution in [2.45, 2.75) is 63.8 Å². The Balaban J connectivity index is 0.00000341. The smallest absolute Gasteiger partial charge is 0.241 e. The number of halogens is 1. The zero-order chi connectivity index (χ0) is 21.2. The molecule has 2 aliphatic rings. The summed E-state index contributed by atoms with van der Waals surface area (Å²) in [6.45, 7) is 3.05. The lowest BCUT2D eigenvalue weighted by molar-refractivity contribution is -0.127. The molecule has 1 aromatic carbocycles. The number of likely N-dealkylation sites (N-methyl/N-ethyl adjacent to an activating group) is 1. The number of nitrogens with zero attached hydrogens (tertiary/aromatic N) is 2. The van der Waals surface area contributed by atoms with Crippen LogP contribution in [-0.2, 0) is 27.4 Å². The quantitative estimate of drug-likeness (QED) is 0.299. The molecule has 2 N–H and O–H groups in total. The maximum atomic E-state index is 11.9. The zero-order valence-corrected chi connectivity index (χ0v) is 21.1. The number of ether oxygens (including phenoxy) is 2. The SMILES string of the molecule is CN(C)C(=O)CNC(=NCc1ccc(COC2CCOCC2)cc1)NC1CCCC1.I. The summed E-state index contributed by atoms with van der Waals surface area (Å²) in [4.78, 5) is 18.2. The van der Waals surface area contributed by atoms with E-state index in [0.717, 1.165) is 44.5 Å². The van der Waals surface area contributed by atoms with Gasteiger partial charge in [-0.3, -0.25) is 4.79 Å². The monoisotopic (exact) mass is 544 g/mol. The molecule has 1 saturated carbocycles. The molecule has 0 spiro atoms. The molecule has 8 heteroatoms. The molecule has 3 rings (SSSR count). The number of amides is 1. The van der Waals surface area contributed by atoms with Gasteiger partial charge in [0.25, 0.3) is 0 Å². The molecular formula is C23H37IN4O3. The molecule has 0 bridgehead atoms. The highest BCUT2D eigenvalue weighted by atomic mass is 127. The van der Waals surface area contributed by atoms with Gasteiger partial charge in [-0.1, -0.05) is 37.1 Å². The molecule has 0 unspecified atom stereocenters. The Bertz CT molecular complexity index is 685. The Hall–Kier alpha value is -1.39. The van der Waals surface area contributed by atoms with E-state index in [1.54, 1.807) is 19.0 Å². The summed E-state index contributed by atoms with van der Waals surface area (Å²) in [6, 6.07) is 8.86. The van der Waals surface area contributed by atoms with Gasteiger partial charge in [0.2, 0.25) is 5.91 Å². The van der Waals surface area contributed by atoms with Crippen LogP contribution in [-0.4, -0.2) is 62.8 Å². The standard InChI is InChI=1S/C23H36N4O3.HI/c1-27(2)22(28)16-25-23(26-20-5-3-4-6-20)24-15-18-7-9-19(10-8-18)17-30-21-11-13-29-14-12-21;/h7-10,20-21H,3-6,11-17H2,1-2H3,(H2,24,25,26);1H. The predicted molar refractivity (Wildman–Crippen MR) is 134 cm³/mol. The first kappa shape index (κ1) is 25.9. The maximum absolute atomic E-state index is 11.9. The van der Waals surface area contributed by atoms with Crippen LogP contribution < -0.4 is 10.6 Å². The Kier molecular flexibility index (Phi) is 11.6. The highest BCUT2D eigenvalue weighted by molar-refractivity contribution is 14.0. The predicted octanol–water partition coefficient (Wildman–Crippen LogP) is 3.07. The average Bonchev–Trinajstić information content (AvgIpc) is 3.28. The van der Waals surface area contributed by atoms with Gasteiger partial charge >= 0.3 is 0 Å². The molecule has 1 amide bonds. The van der Waals surface area contributed by atoms with E-state index >= 15 is 0 Å². The highest BCUT2D eigenvalue weighted by Crippen LogP contribution is 2.17. The number of rotatable bonds is 8. The maximum Gasteiger partial charge on any atom is 0.241 e. The normalized spacial score (nSPS) is 17.8. The van der Waals surface area contributed by atoms with Gasteiger partial charge < -0.3 is 25.0 Å². The average molecular weight is 544 g/mol. The molecule has 0 aromatic heterocycles. The molecule has 7 nitrogen and oxygen atoms in total. The summed E-state index contributed by atoms with van der Waals surface area (Å²) in [6.07, 6.45) is 7.08. The number of benzene rings is 1. The Morgan fingerprint density at radius 3 is 2.39 bits per heavy atom. The lowest BCUT2D eigenvalue weighted by Gasteiger charge is -2.22. The van der Waals surface area contributed by atoms with E-state index in [1.165, 1.54) is 18.4 Å². The van der Waals surface area contributed by atoms with Crippen LogP contribution in [0.15, 0.2) is 29.3 Å². The summed E-state index contributed by atoms with van der Waals surface area (Å²) in [5.41, 5.74) is 2.31. The minimum Gasteiger partial charge on any atom is -0.381 e. The van der Waals surface area contributed by atoms with E-state index in [9.17, 15) is 4.79 Å². The molecule has 1 aliphatic heterocycles. The topological polar surface area (TPSA) is 75.2 Å². The summed E-state index contributed by atoms with van der Waals surface area (Å²) in [5.74, 6) is 0.744. The van der Waals surface area contributed by atoms with Gasteiger partial charge in [0.15, 0.2) is 5.96 Å². The van der Waals surface area contributed by atoms with E-state index in [4.69, 9.17) is 14.5 Å². The molecule has 2 fully saturated rings. The van der Waals surface area contributed by atoms with E-state index in [-0.39, 0.29) is 36.4 Å². The second-order valence-corrected chi connectivity index (χ2v) is 8.37. The van der Waals surface area contributed by atoms with Crippen LogP contribution >= 0.6 is 24.0 Å². The van der Waals surface area contributed by atoms with Crippen LogP contribution in [0, 0.1) is 0 Å². The largest absolute Gasteiger partial charge is 0.381 e. The Labute approximate surface area is 203 Å². The fourth-order valence-electron chi connectivity index (χ4n) is 3.70. The van der Waals surface area contributed by atoms with Crippen molar-refractivity contribution in [2.24, 2.45) is 4.99 Å². The van der Waals surface area contributed by atoms with Gasteiger partial charge in [-0.2, -0.15) is 0 Å². The van der Waals surface area contributed by atoms with Crippen molar-refractivity contribution in [3.63, 3.8) is 0 Å². The summed E-state index contributed by atoms with van der Waals surface area (Å²) < 4.78 is 11.4. The van der Waals surface area contributed by atoms with Crippen molar-refractivity contribution in [3.05, 3.63) is 35.4 Å². The lowest BCUT2D eigenvalue weighted by atomic mass is 10.1. The van der Waals surface area contributed by atoms with Gasteiger partial charge in [-0.25, -0.2) is 4.99 Å². The van der Waals surface area contributed by atoms with Gasteiger partial charge in [-0.05, 0) is 36.8 Å². The number of hydrogen-bond donors (Lipinski definition) is 2. The first-order valence-corrected chi connectivity index (χ1v) is 11.1. The zero-order valence-electron chi connectivity index (χ0n) is 18.8. The first-order valence-electron chi connectivity index (χ1n) is 11.1. The summed E-state index contributed by atoms with van der Waals surface area (Å²) in [7, 11) is 3.52. The molecule has 0 radical (unpaired) electrons. The fraction of sp³-hybridized carbons (Fsp3) is 0.652. The molecule has 1 heterocycles. The fourth-order valence-corrected chi connectivity index (χ4v) is 3.70. The number of nitrogens with one attached hydrogen (secondary N) is 2. The summed E-state index contributed by atoms with van der Waals surface area (Å²) in [5, 5.41) is 6.67. The third-order valence-corrected chi connectivity index (χ3v) is 5.70. The molecule has 1 aliphatic carbocycles. The number of carbonyl (C=O) groups excluding carboxylic acids is 1. The molecule has 31 heavy (non-hydrogen) atoms. The third kappa shape index (κ3) is 9.33. The van der Waals surface area contributed by atoms with Crippen LogP contribution in [0.1, 0.15) is 49.7 Å². The lowest BCUT2D eigenvalue weighted by Crippen LogP contribution is -2.46. The first-order chi connectivity index (χ1) is 14.6. The summed E-state index contributed by atoms with van der Waals surface area (Å²) >= 11 is 0. The molecule has 174 valence electrons. The van der Waals surface area contributed by atoms with Crippen LogP contribution in [0.5, 0.6) is 0 Å². The minimum absolute atomic E-state index is 0. The van der Waals surface area contributed by atoms with Crippen molar-refractivity contribution >= 4 is 35.8 Å². The van der Waals surface area contributed by atoms with Crippen molar-refractivity contribution in [3.8, 4) is 0 Å². The van der Waals surface area contributed by atoms with Crippen LogP contribution in [0.2, 0.25) is 0 Å². The van der Waals surface area contributed by atoms with E-state index in [2.05, 4.69) is 34.9 Å². The van der Waals surface area contributed by atoms with E-state index < -0.39 is 0 Å². The number of hydrogen-bond acceptors (Lipinski definition) is 4. The molecule has 1 saturated heterocycles. The van der Waals surface area contributed by atoms with Crippen LogP contribution in [0.4, 0.5) is 0 Å².